The Hall–Kier alpha value is -2.77. The number of benzene rings is 2. The number of hydrogen-bond donors (Lipinski definition) is 1. The average molecular weight is 456 g/mol. The Morgan fingerprint density at radius 2 is 1.83 bits per heavy atom. The molecule has 1 N–H and O–H groups in total. The number of hydrogen-bond acceptors (Lipinski definition) is 6. The van der Waals surface area contributed by atoms with Gasteiger partial charge in [-0.05, 0) is 38.1 Å². The largest absolute Gasteiger partial charge is 0.497 e. The van der Waals surface area contributed by atoms with Crippen LogP contribution < -0.4 is 9.47 Å². The monoisotopic (exact) mass is 455 g/mol. The zero-order valence-electron chi connectivity index (χ0n) is 16.8. The SMILES string of the molecule is CCOC(=O)C(C)=C(C(=NO)c1cc(OC)cc(OC)c1Cl)c1ccc(F)cc1Cl. The number of methoxy groups -OCH3 is 2. The first-order valence-electron chi connectivity index (χ1n) is 8.76. The maximum absolute atomic E-state index is 13.6. The number of oxime groups is 1. The Kier molecular flexibility index (Phi) is 8.08. The molecule has 0 bridgehead atoms. The highest BCUT2D eigenvalue weighted by atomic mass is 35.5. The fourth-order valence-corrected chi connectivity index (χ4v) is 3.33. The van der Waals surface area contributed by atoms with E-state index < -0.39 is 11.8 Å². The van der Waals surface area contributed by atoms with Crippen LogP contribution in [0.25, 0.3) is 5.57 Å². The highest BCUT2D eigenvalue weighted by Crippen LogP contribution is 2.38. The van der Waals surface area contributed by atoms with Crippen LogP contribution in [0.4, 0.5) is 4.39 Å². The molecular formula is C21H20Cl2FNO5. The Balaban J connectivity index is 2.87. The summed E-state index contributed by atoms with van der Waals surface area (Å²) < 4.78 is 29.2. The van der Waals surface area contributed by atoms with E-state index in [1.165, 1.54) is 39.3 Å². The Morgan fingerprint density at radius 1 is 1.13 bits per heavy atom. The molecular weight excluding hydrogens is 436 g/mol. The summed E-state index contributed by atoms with van der Waals surface area (Å²) in [7, 11) is 2.86. The van der Waals surface area contributed by atoms with E-state index in [4.69, 9.17) is 37.4 Å². The second kappa shape index (κ2) is 10.3. The smallest absolute Gasteiger partial charge is 0.334 e. The summed E-state index contributed by atoms with van der Waals surface area (Å²) >= 11 is 12.7. The Labute approximate surface area is 183 Å². The van der Waals surface area contributed by atoms with Crippen LogP contribution in [0, 0.1) is 5.82 Å². The third-order valence-electron chi connectivity index (χ3n) is 4.22. The zero-order chi connectivity index (χ0) is 22.4. The second-order valence-corrected chi connectivity index (χ2v) is 6.77. The zero-order valence-corrected chi connectivity index (χ0v) is 18.3. The van der Waals surface area contributed by atoms with Gasteiger partial charge in [-0.1, -0.05) is 28.4 Å². The van der Waals surface area contributed by atoms with E-state index in [1.54, 1.807) is 13.0 Å². The molecule has 30 heavy (non-hydrogen) atoms. The summed E-state index contributed by atoms with van der Waals surface area (Å²) in [4.78, 5) is 12.5. The summed E-state index contributed by atoms with van der Waals surface area (Å²) in [5.41, 5.74) is 0.536. The summed E-state index contributed by atoms with van der Waals surface area (Å²) in [6, 6.07) is 6.68. The molecule has 0 aliphatic carbocycles. The number of esters is 1. The molecule has 0 saturated carbocycles. The minimum absolute atomic E-state index is 0.000724. The van der Waals surface area contributed by atoms with Crippen molar-refractivity contribution in [3.05, 3.63) is 62.9 Å². The maximum atomic E-state index is 13.6. The molecule has 0 saturated heterocycles. The van der Waals surface area contributed by atoms with Crippen molar-refractivity contribution in [1.29, 1.82) is 0 Å². The van der Waals surface area contributed by atoms with Crippen LogP contribution in [0.2, 0.25) is 10.0 Å². The molecule has 0 aliphatic heterocycles. The molecule has 2 rings (SSSR count). The fraction of sp³-hybridized carbons (Fsp3) is 0.238. The lowest BCUT2D eigenvalue weighted by Gasteiger charge is -2.18. The molecule has 0 heterocycles. The first-order valence-corrected chi connectivity index (χ1v) is 9.52. The van der Waals surface area contributed by atoms with Crippen LogP contribution >= 0.6 is 23.2 Å². The topological polar surface area (TPSA) is 77.4 Å². The number of allylic oxidation sites excluding steroid dienone is 1. The van der Waals surface area contributed by atoms with Gasteiger partial charge in [0.2, 0.25) is 0 Å². The van der Waals surface area contributed by atoms with Crippen LogP contribution in [-0.2, 0) is 9.53 Å². The van der Waals surface area contributed by atoms with Crippen molar-refractivity contribution in [2.24, 2.45) is 5.16 Å². The number of halogens is 3. The quantitative estimate of drug-likeness (QED) is 0.200. The van der Waals surface area contributed by atoms with E-state index in [9.17, 15) is 14.4 Å². The fourth-order valence-electron chi connectivity index (χ4n) is 2.79. The summed E-state index contributed by atoms with van der Waals surface area (Å²) in [6.45, 7) is 3.25. The normalized spacial score (nSPS) is 12.3. The summed E-state index contributed by atoms with van der Waals surface area (Å²) in [5.74, 6) is -0.614. The minimum atomic E-state index is -0.667. The molecule has 6 nitrogen and oxygen atoms in total. The van der Waals surface area contributed by atoms with Gasteiger partial charge in [-0.15, -0.1) is 0 Å². The van der Waals surface area contributed by atoms with Crippen molar-refractivity contribution < 1.29 is 28.6 Å². The average Bonchev–Trinajstić information content (AvgIpc) is 2.73. The van der Waals surface area contributed by atoms with E-state index in [2.05, 4.69) is 5.16 Å². The predicted molar refractivity (Wildman–Crippen MR) is 114 cm³/mol. The molecule has 2 aromatic rings. The number of carbonyl (C=O) groups is 1. The Morgan fingerprint density at radius 3 is 2.37 bits per heavy atom. The predicted octanol–water partition coefficient (Wildman–Crippen LogP) is 5.36. The summed E-state index contributed by atoms with van der Waals surface area (Å²) in [5, 5.41) is 13.4. The molecule has 160 valence electrons. The molecule has 0 spiro atoms. The van der Waals surface area contributed by atoms with Gasteiger partial charge in [0.25, 0.3) is 0 Å². The number of nitrogens with zero attached hydrogens (tertiary/aromatic N) is 1. The standard InChI is InChI=1S/C21H20Cl2FNO5/c1-5-30-21(26)11(2)18(14-7-6-12(24)8-16(14)22)20(25-27)15-9-13(28-3)10-17(29-4)19(15)23/h6-10,27H,5H2,1-4H3. The molecule has 0 fully saturated rings. The second-order valence-electron chi connectivity index (χ2n) is 5.98. The summed E-state index contributed by atoms with van der Waals surface area (Å²) in [6.07, 6.45) is 0. The highest BCUT2D eigenvalue weighted by Gasteiger charge is 2.26. The van der Waals surface area contributed by atoms with Crippen LogP contribution in [-0.4, -0.2) is 37.7 Å². The first-order chi connectivity index (χ1) is 14.3. The highest BCUT2D eigenvalue weighted by molar-refractivity contribution is 6.44. The third-order valence-corrected chi connectivity index (χ3v) is 4.92. The first kappa shape index (κ1) is 23.5. The minimum Gasteiger partial charge on any atom is -0.497 e. The molecule has 0 radical (unpaired) electrons. The van der Waals surface area contributed by atoms with Crippen LogP contribution in [0.15, 0.2) is 41.1 Å². The lowest BCUT2D eigenvalue weighted by Crippen LogP contribution is -2.15. The van der Waals surface area contributed by atoms with Crippen molar-refractivity contribution in [3.63, 3.8) is 0 Å². The number of carbonyl (C=O) groups excluding carboxylic acids is 1. The molecule has 0 atom stereocenters. The molecule has 9 heteroatoms. The number of ether oxygens (including phenoxy) is 3. The van der Waals surface area contributed by atoms with Crippen LogP contribution in [0.3, 0.4) is 0 Å². The van der Waals surface area contributed by atoms with E-state index in [0.29, 0.717) is 5.75 Å². The van der Waals surface area contributed by atoms with E-state index in [-0.39, 0.29) is 50.4 Å². The van der Waals surface area contributed by atoms with Crippen molar-refractivity contribution >= 4 is 40.5 Å². The molecule has 0 amide bonds. The lowest BCUT2D eigenvalue weighted by atomic mass is 9.91. The van der Waals surface area contributed by atoms with E-state index in [0.717, 1.165) is 6.07 Å². The van der Waals surface area contributed by atoms with Gasteiger partial charge >= 0.3 is 5.97 Å². The molecule has 0 aromatic heterocycles. The lowest BCUT2D eigenvalue weighted by molar-refractivity contribution is -0.138. The van der Waals surface area contributed by atoms with Gasteiger partial charge in [-0.3, -0.25) is 0 Å². The molecule has 0 unspecified atom stereocenters. The van der Waals surface area contributed by atoms with Crippen molar-refractivity contribution in [1.82, 2.24) is 0 Å². The van der Waals surface area contributed by atoms with Gasteiger partial charge in [0, 0.05) is 28.3 Å². The maximum Gasteiger partial charge on any atom is 0.334 e. The third kappa shape index (κ3) is 4.86. The van der Waals surface area contributed by atoms with Crippen LogP contribution in [0.1, 0.15) is 25.0 Å². The number of rotatable bonds is 7. The Bertz CT molecular complexity index is 1020. The van der Waals surface area contributed by atoms with E-state index >= 15 is 0 Å². The van der Waals surface area contributed by atoms with Crippen molar-refractivity contribution in [2.75, 3.05) is 20.8 Å². The van der Waals surface area contributed by atoms with Gasteiger partial charge in [0.05, 0.1) is 30.9 Å². The van der Waals surface area contributed by atoms with Crippen LogP contribution in [0.5, 0.6) is 11.5 Å². The van der Waals surface area contributed by atoms with Gasteiger partial charge in [-0.2, -0.15) is 0 Å². The molecule has 2 aromatic carbocycles. The van der Waals surface area contributed by atoms with Gasteiger partial charge in [-0.25, -0.2) is 9.18 Å². The van der Waals surface area contributed by atoms with Gasteiger partial charge in [0.1, 0.15) is 23.0 Å². The van der Waals surface area contributed by atoms with Gasteiger partial charge in [0.15, 0.2) is 0 Å². The van der Waals surface area contributed by atoms with Gasteiger partial charge < -0.3 is 19.4 Å². The van der Waals surface area contributed by atoms with Crippen molar-refractivity contribution in [3.8, 4) is 11.5 Å². The molecule has 0 aliphatic rings. The van der Waals surface area contributed by atoms with E-state index in [1.807, 2.05) is 0 Å². The van der Waals surface area contributed by atoms with Crippen molar-refractivity contribution in [2.45, 2.75) is 13.8 Å².